The number of carbonyl (C=O) groups excluding carboxylic acids is 1. The first-order valence-electron chi connectivity index (χ1n) is 4.67. The predicted molar refractivity (Wildman–Crippen MR) is 45.5 cm³/mol. The number of cyclic esters (lactones) is 1. The minimum Gasteiger partial charge on any atom is -0.465 e. The topological polar surface area (TPSA) is 26.3 Å². The van der Waals surface area contributed by atoms with Crippen molar-refractivity contribution in [1.29, 1.82) is 0 Å². The van der Waals surface area contributed by atoms with E-state index in [-0.39, 0.29) is 5.97 Å². The van der Waals surface area contributed by atoms with Crippen molar-refractivity contribution in [2.45, 2.75) is 25.7 Å². The van der Waals surface area contributed by atoms with Gasteiger partial charge in [0.15, 0.2) is 0 Å². The third-order valence-electron chi connectivity index (χ3n) is 2.86. The number of allylic oxidation sites excluding steroid dienone is 2. The summed E-state index contributed by atoms with van der Waals surface area (Å²) in [5.74, 6) is 1.19. The Hall–Kier alpha value is -0.790. The standard InChI is InChI=1S/C10H14O2/c11-10-6-9(7-12-10)8-4-2-1-3-5-8/h1-2,8-9H,3-7H2/t8?,9-/m0/s1. The van der Waals surface area contributed by atoms with Crippen LogP contribution in [-0.2, 0) is 9.53 Å². The average Bonchev–Trinajstić information content (AvgIpc) is 2.54. The molecule has 0 bridgehead atoms. The summed E-state index contributed by atoms with van der Waals surface area (Å²) >= 11 is 0. The summed E-state index contributed by atoms with van der Waals surface area (Å²) in [5, 5.41) is 0. The van der Waals surface area contributed by atoms with Gasteiger partial charge in [-0.05, 0) is 25.2 Å². The van der Waals surface area contributed by atoms with Crippen molar-refractivity contribution in [2.75, 3.05) is 6.61 Å². The zero-order valence-electron chi connectivity index (χ0n) is 7.16. The van der Waals surface area contributed by atoms with Gasteiger partial charge in [0, 0.05) is 5.92 Å². The van der Waals surface area contributed by atoms with Crippen LogP contribution in [0.25, 0.3) is 0 Å². The molecule has 2 aliphatic rings. The molecule has 1 saturated heterocycles. The molecule has 2 rings (SSSR count). The molecule has 1 heterocycles. The number of hydrogen-bond donors (Lipinski definition) is 0. The van der Waals surface area contributed by atoms with Gasteiger partial charge in [0.25, 0.3) is 0 Å². The van der Waals surface area contributed by atoms with Crippen LogP contribution in [0.4, 0.5) is 0 Å². The summed E-state index contributed by atoms with van der Waals surface area (Å²) in [7, 11) is 0. The number of hydrogen-bond acceptors (Lipinski definition) is 2. The second-order valence-corrected chi connectivity index (χ2v) is 3.69. The van der Waals surface area contributed by atoms with Crippen molar-refractivity contribution >= 4 is 5.97 Å². The lowest BCUT2D eigenvalue weighted by atomic mass is 9.82. The molecular weight excluding hydrogens is 152 g/mol. The molecule has 1 fully saturated rings. The Kier molecular flexibility index (Phi) is 2.15. The van der Waals surface area contributed by atoms with Gasteiger partial charge in [0.2, 0.25) is 0 Å². The van der Waals surface area contributed by atoms with Crippen LogP contribution in [-0.4, -0.2) is 12.6 Å². The Morgan fingerprint density at radius 3 is 2.83 bits per heavy atom. The molecule has 66 valence electrons. The van der Waals surface area contributed by atoms with Crippen LogP contribution in [0, 0.1) is 11.8 Å². The quantitative estimate of drug-likeness (QED) is 0.439. The lowest BCUT2D eigenvalue weighted by Crippen LogP contribution is -2.15. The maximum Gasteiger partial charge on any atom is 0.306 e. The van der Waals surface area contributed by atoms with Crippen molar-refractivity contribution in [1.82, 2.24) is 0 Å². The Morgan fingerprint density at radius 1 is 1.33 bits per heavy atom. The molecule has 2 heteroatoms. The van der Waals surface area contributed by atoms with Crippen molar-refractivity contribution in [3.05, 3.63) is 12.2 Å². The average molecular weight is 166 g/mol. The monoisotopic (exact) mass is 166 g/mol. The van der Waals surface area contributed by atoms with E-state index in [1.807, 2.05) is 0 Å². The van der Waals surface area contributed by atoms with Crippen LogP contribution in [0.5, 0.6) is 0 Å². The predicted octanol–water partition coefficient (Wildman–Crippen LogP) is 1.91. The number of ether oxygens (including phenoxy) is 1. The highest BCUT2D eigenvalue weighted by Gasteiger charge is 2.30. The molecule has 0 aromatic rings. The van der Waals surface area contributed by atoms with E-state index < -0.39 is 0 Å². The molecule has 0 radical (unpaired) electrons. The minimum atomic E-state index is -0.00504. The molecule has 2 atom stereocenters. The maximum absolute atomic E-state index is 10.9. The van der Waals surface area contributed by atoms with Gasteiger partial charge in [-0.1, -0.05) is 12.2 Å². The van der Waals surface area contributed by atoms with E-state index in [4.69, 9.17) is 4.74 Å². The van der Waals surface area contributed by atoms with Crippen molar-refractivity contribution in [3.8, 4) is 0 Å². The van der Waals surface area contributed by atoms with Gasteiger partial charge in [-0.2, -0.15) is 0 Å². The van der Waals surface area contributed by atoms with Crippen LogP contribution in [0.2, 0.25) is 0 Å². The molecule has 12 heavy (non-hydrogen) atoms. The Morgan fingerprint density at radius 2 is 2.25 bits per heavy atom. The van der Waals surface area contributed by atoms with Gasteiger partial charge < -0.3 is 4.74 Å². The highest BCUT2D eigenvalue weighted by molar-refractivity contribution is 5.71. The lowest BCUT2D eigenvalue weighted by Gasteiger charge is -2.21. The van der Waals surface area contributed by atoms with Gasteiger partial charge in [0.1, 0.15) is 0 Å². The highest BCUT2D eigenvalue weighted by Crippen LogP contribution is 2.31. The zero-order valence-corrected chi connectivity index (χ0v) is 7.16. The van der Waals surface area contributed by atoms with Crippen molar-refractivity contribution < 1.29 is 9.53 Å². The van der Waals surface area contributed by atoms with Gasteiger partial charge in [-0.25, -0.2) is 0 Å². The first-order valence-corrected chi connectivity index (χ1v) is 4.67. The normalized spacial score (nSPS) is 35.2. The molecular formula is C10H14O2. The molecule has 2 nitrogen and oxygen atoms in total. The summed E-state index contributed by atoms with van der Waals surface area (Å²) in [4.78, 5) is 10.9. The fraction of sp³-hybridized carbons (Fsp3) is 0.700. The van der Waals surface area contributed by atoms with E-state index in [9.17, 15) is 4.79 Å². The smallest absolute Gasteiger partial charge is 0.306 e. The van der Waals surface area contributed by atoms with Crippen LogP contribution in [0.3, 0.4) is 0 Å². The molecule has 0 saturated carbocycles. The van der Waals surface area contributed by atoms with Crippen molar-refractivity contribution in [3.63, 3.8) is 0 Å². The number of esters is 1. The van der Waals surface area contributed by atoms with Crippen LogP contribution >= 0.6 is 0 Å². The van der Waals surface area contributed by atoms with Gasteiger partial charge in [-0.3, -0.25) is 4.79 Å². The first kappa shape index (κ1) is 7.84. The molecule has 0 spiro atoms. The second-order valence-electron chi connectivity index (χ2n) is 3.69. The lowest BCUT2D eigenvalue weighted by molar-refractivity contribution is -0.137. The largest absolute Gasteiger partial charge is 0.465 e. The highest BCUT2D eigenvalue weighted by atomic mass is 16.5. The SMILES string of the molecule is O=C1C[C@H](C2CC=CCC2)CO1. The molecule has 1 unspecified atom stereocenters. The van der Waals surface area contributed by atoms with E-state index in [1.54, 1.807) is 0 Å². The second kappa shape index (κ2) is 3.30. The number of carbonyl (C=O) groups is 1. The van der Waals surface area contributed by atoms with Crippen LogP contribution in [0.1, 0.15) is 25.7 Å². The van der Waals surface area contributed by atoms with E-state index in [1.165, 1.54) is 12.8 Å². The van der Waals surface area contributed by atoms with E-state index in [2.05, 4.69) is 12.2 Å². The Balaban J connectivity index is 1.92. The summed E-state index contributed by atoms with van der Waals surface area (Å²) in [5.41, 5.74) is 0. The molecule has 1 aliphatic heterocycles. The zero-order chi connectivity index (χ0) is 8.39. The van der Waals surface area contributed by atoms with E-state index >= 15 is 0 Å². The molecule has 1 aliphatic carbocycles. The maximum atomic E-state index is 10.9. The minimum absolute atomic E-state index is 0.00504. The van der Waals surface area contributed by atoms with Gasteiger partial charge in [-0.15, -0.1) is 0 Å². The fourth-order valence-electron chi connectivity index (χ4n) is 2.08. The molecule has 0 aromatic heterocycles. The Labute approximate surface area is 72.6 Å². The molecule has 0 N–H and O–H groups in total. The van der Waals surface area contributed by atoms with E-state index in [0.717, 1.165) is 6.42 Å². The molecule has 0 aromatic carbocycles. The van der Waals surface area contributed by atoms with Crippen molar-refractivity contribution in [2.24, 2.45) is 11.8 Å². The summed E-state index contributed by atoms with van der Waals surface area (Å²) < 4.78 is 4.96. The van der Waals surface area contributed by atoms with Gasteiger partial charge in [0.05, 0.1) is 13.0 Å². The first-order chi connectivity index (χ1) is 5.86. The summed E-state index contributed by atoms with van der Waals surface area (Å²) in [6.45, 7) is 0.664. The third-order valence-corrected chi connectivity index (χ3v) is 2.86. The Bertz CT molecular complexity index is 206. The fourth-order valence-corrected chi connectivity index (χ4v) is 2.08. The van der Waals surface area contributed by atoms with Crippen LogP contribution in [0.15, 0.2) is 12.2 Å². The third kappa shape index (κ3) is 1.52. The molecule has 0 amide bonds. The summed E-state index contributed by atoms with van der Waals surface area (Å²) in [6, 6.07) is 0. The van der Waals surface area contributed by atoms with Gasteiger partial charge >= 0.3 is 5.97 Å². The summed E-state index contributed by atoms with van der Waals surface area (Å²) in [6.07, 6.45) is 8.66. The number of rotatable bonds is 1. The van der Waals surface area contributed by atoms with Crippen LogP contribution < -0.4 is 0 Å². The van der Waals surface area contributed by atoms with E-state index in [0.29, 0.717) is 24.9 Å².